The van der Waals surface area contributed by atoms with E-state index in [0.29, 0.717) is 32.1 Å². The Hall–Kier alpha value is -2.12. The Bertz CT molecular complexity index is 788. The van der Waals surface area contributed by atoms with E-state index in [-0.39, 0.29) is 0 Å². The van der Waals surface area contributed by atoms with Gasteiger partial charge in [-0.2, -0.15) is 0 Å². The van der Waals surface area contributed by atoms with E-state index in [1.807, 2.05) is 20.8 Å². The molecule has 6 heteroatoms. The van der Waals surface area contributed by atoms with Gasteiger partial charge in [0, 0.05) is 37.6 Å². The van der Waals surface area contributed by atoms with E-state index >= 15 is 0 Å². The molecule has 2 aromatic rings. The fraction of sp³-hybridized carbons (Fsp3) is 0.556. The van der Waals surface area contributed by atoms with Crippen molar-refractivity contribution in [2.75, 3.05) is 56.0 Å². The van der Waals surface area contributed by atoms with Gasteiger partial charge in [-0.05, 0) is 55.7 Å². The minimum Gasteiger partial charge on any atom is -0.392 e. The van der Waals surface area contributed by atoms with Gasteiger partial charge in [0.25, 0.3) is 0 Å². The number of aliphatic hydroxyl groups excluding tert-OH is 1. The number of nitrogens with zero attached hydrogens (tertiary/aromatic N) is 2. The average Bonchev–Trinajstić information content (AvgIpc) is 3.76. The van der Waals surface area contributed by atoms with Crippen molar-refractivity contribution < 1.29 is 19.3 Å². The molecule has 0 spiro atoms. The van der Waals surface area contributed by atoms with E-state index in [9.17, 15) is 5.11 Å². The molecule has 0 amide bonds. The Morgan fingerprint density at radius 2 is 1.33 bits per heavy atom. The Morgan fingerprint density at radius 1 is 0.879 bits per heavy atom. The van der Waals surface area contributed by atoms with Crippen LogP contribution in [-0.2, 0) is 20.6 Å². The minimum atomic E-state index is -0.406. The molecule has 2 aliphatic rings. The maximum Gasteiger partial charge on any atom is 0.119 e. The second kappa shape index (κ2) is 12.9. The lowest BCUT2D eigenvalue weighted by atomic mass is 10.0. The predicted octanol–water partition coefficient (Wildman–Crippen LogP) is 4.09. The molecule has 33 heavy (non-hydrogen) atoms. The zero-order valence-corrected chi connectivity index (χ0v) is 20.6. The van der Waals surface area contributed by atoms with E-state index in [1.165, 1.54) is 16.8 Å². The van der Waals surface area contributed by atoms with Crippen molar-refractivity contribution in [1.82, 2.24) is 0 Å². The van der Waals surface area contributed by atoms with Crippen LogP contribution in [0.25, 0.3) is 0 Å². The van der Waals surface area contributed by atoms with Gasteiger partial charge >= 0.3 is 0 Å². The number of anilines is 2. The van der Waals surface area contributed by atoms with Crippen molar-refractivity contribution in [1.29, 1.82) is 0 Å². The Morgan fingerprint density at radius 3 is 1.73 bits per heavy atom. The lowest BCUT2D eigenvalue weighted by Gasteiger charge is -2.26. The molecular formula is C27H40N2O4. The molecule has 3 atom stereocenters. The second-order valence-corrected chi connectivity index (χ2v) is 8.52. The fourth-order valence-corrected chi connectivity index (χ4v) is 3.76. The van der Waals surface area contributed by atoms with Gasteiger partial charge < -0.3 is 29.1 Å². The Balaban J connectivity index is 0.00000149. The minimum absolute atomic E-state index is 0.369. The molecule has 2 fully saturated rings. The molecular weight excluding hydrogens is 416 g/mol. The highest BCUT2D eigenvalue weighted by molar-refractivity contribution is 5.50. The van der Waals surface area contributed by atoms with Gasteiger partial charge in [0.1, 0.15) is 6.73 Å². The first kappa shape index (κ1) is 25.5. The first-order valence-corrected chi connectivity index (χ1v) is 12.3. The van der Waals surface area contributed by atoms with Crippen molar-refractivity contribution in [2.24, 2.45) is 0 Å². The molecule has 0 radical (unpaired) electrons. The first-order valence-electron chi connectivity index (χ1n) is 12.3. The third kappa shape index (κ3) is 8.63. The van der Waals surface area contributed by atoms with E-state index in [4.69, 9.17) is 14.2 Å². The molecule has 0 saturated carbocycles. The number of rotatable bonds is 13. The van der Waals surface area contributed by atoms with Crippen molar-refractivity contribution in [3.63, 3.8) is 0 Å². The van der Waals surface area contributed by atoms with Crippen LogP contribution in [0.15, 0.2) is 48.5 Å². The van der Waals surface area contributed by atoms with Crippen molar-refractivity contribution in [3.05, 3.63) is 59.7 Å². The van der Waals surface area contributed by atoms with Crippen molar-refractivity contribution >= 4 is 11.4 Å². The van der Waals surface area contributed by atoms with Gasteiger partial charge in [0.2, 0.25) is 0 Å². The number of aliphatic hydroxyl groups is 1. The lowest BCUT2D eigenvalue weighted by molar-refractivity contribution is 0.131. The largest absolute Gasteiger partial charge is 0.392 e. The van der Waals surface area contributed by atoms with Gasteiger partial charge in [-0.25, -0.2) is 0 Å². The van der Waals surface area contributed by atoms with Gasteiger partial charge in [0.15, 0.2) is 0 Å². The highest BCUT2D eigenvalue weighted by Crippen LogP contribution is 2.24. The molecule has 0 bridgehead atoms. The lowest BCUT2D eigenvalue weighted by Crippen LogP contribution is -2.33. The summed E-state index contributed by atoms with van der Waals surface area (Å²) in [6.45, 7) is 13.1. The number of ether oxygens (including phenoxy) is 3. The summed E-state index contributed by atoms with van der Waals surface area (Å²) in [4.78, 5) is 4.44. The van der Waals surface area contributed by atoms with Crippen LogP contribution in [0, 0.1) is 0 Å². The Labute approximate surface area is 199 Å². The van der Waals surface area contributed by atoms with Crippen LogP contribution in [0.3, 0.4) is 0 Å². The summed E-state index contributed by atoms with van der Waals surface area (Å²) >= 11 is 0. The van der Waals surface area contributed by atoms with Crippen LogP contribution in [0.4, 0.5) is 11.4 Å². The number of hydrogen-bond donors (Lipinski definition) is 1. The number of epoxide rings is 2. The molecule has 2 saturated heterocycles. The van der Waals surface area contributed by atoms with E-state index in [1.54, 1.807) is 6.92 Å². The van der Waals surface area contributed by atoms with E-state index in [2.05, 4.69) is 58.3 Å². The zero-order chi connectivity index (χ0) is 23.6. The van der Waals surface area contributed by atoms with E-state index in [0.717, 1.165) is 38.4 Å². The summed E-state index contributed by atoms with van der Waals surface area (Å²) < 4.78 is 16.4. The SMILES string of the molecule is CC.CCOCN(CC(C)O)c1ccc(Cc2ccc(N(CC3CO3)CC3CO3)cc2)cc1. The zero-order valence-electron chi connectivity index (χ0n) is 20.6. The molecule has 4 rings (SSSR count). The summed E-state index contributed by atoms with van der Waals surface area (Å²) in [5.74, 6) is 0. The normalized spacial score (nSPS) is 19.3. The third-order valence-electron chi connectivity index (χ3n) is 5.60. The smallest absolute Gasteiger partial charge is 0.119 e. The van der Waals surface area contributed by atoms with Crippen LogP contribution < -0.4 is 9.80 Å². The standard InChI is InChI=1S/C25H34N2O4.C2H6/c1-3-29-18-27(13-19(2)28)23-10-6-21(7-11-23)12-20-4-8-22(9-5-20)26(14-24-16-30-24)15-25-17-31-25;1-2/h4-11,19,24-25,28H,3,12-18H2,1-2H3;1-2H3. The van der Waals surface area contributed by atoms with Crippen molar-refractivity contribution in [3.8, 4) is 0 Å². The summed E-state index contributed by atoms with van der Waals surface area (Å²) in [5.41, 5.74) is 4.85. The maximum atomic E-state index is 9.78. The molecule has 0 aliphatic carbocycles. The second-order valence-electron chi connectivity index (χ2n) is 8.52. The van der Waals surface area contributed by atoms with Crippen LogP contribution >= 0.6 is 0 Å². The van der Waals surface area contributed by atoms with Gasteiger partial charge in [-0.15, -0.1) is 0 Å². The average molecular weight is 457 g/mol. The van der Waals surface area contributed by atoms with Crippen LogP contribution in [0.2, 0.25) is 0 Å². The maximum absolute atomic E-state index is 9.78. The number of benzene rings is 2. The molecule has 2 heterocycles. The summed E-state index contributed by atoms with van der Waals surface area (Å²) in [6, 6.07) is 17.4. The predicted molar refractivity (Wildman–Crippen MR) is 134 cm³/mol. The fourth-order valence-electron chi connectivity index (χ4n) is 3.76. The molecule has 3 unspecified atom stereocenters. The highest BCUT2D eigenvalue weighted by atomic mass is 16.6. The summed E-state index contributed by atoms with van der Waals surface area (Å²) in [5, 5.41) is 9.78. The molecule has 6 nitrogen and oxygen atoms in total. The third-order valence-corrected chi connectivity index (χ3v) is 5.60. The summed E-state index contributed by atoms with van der Waals surface area (Å²) in [6.07, 6.45) is 1.22. The molecule has 2 aromatic carbocycles. The molecule has 2 aliphatic heterocycles. The van der Waals surface area contributed by atoms with Crippen molar-refractivity contribution in [2.45, 2.75) is 52.4 Å². The molecule has 182 valence electrons. The van der Waals surface area contributed by atoms with Crippen LogP contribution in [0.5, 0.6) is 0 Å². The number of hydrogen-bond acceptors (Lipinski definition) is 6. The first-order chi connectivity index (χ1) is 16.1. The van der Waals surface area contributed by atoms with Crippen LogP contribution in [-0.4, -0.2) is 69.6 Å². The molecule has 1 N–H and O–H groups in total. The Kier molecular flexibility index (Phi) is 10.0. The van der Waals surface area contributed by atoms with E-state index < -0.39 is 6.10 Å². The quantitative estimate of drug-likeness (QED) is 0.362. The van der Waals surface area contributed by atoms with Crippen LogP contribution in [0.1, 0.15) is 38.8 Å². The summed E-state index contributed by atoms with van der Waals surface area (Å²) in [7, 11) is 0. The molecule has 0 aromatic heterocycles. The monoisotopic (exact) mass is 456 g/mol. The topological polar surface area (TPSA) is 61.0 Å². The van der Waals surface area contributed by atoms with Gasteiger partial charge in [-0.3, -0.25) is 0 Å². The van der Waals surface area contributed by atoms with Gasteiger partial charge in [-0.1, -0.05) is 38.1 Å². The van der Waals surface area contributed by atoms with Gasteiger partial charge in [0.05, 0.1) is 31.5 Å². The highest BCUT2D eigenvalue weighted by Gasteiger charge is 2.30.